The van der Waals surface area contributed by atoms with Gasteiger partial charge in [-0.2, -0.15) is 0 Å². The molecule has 0 aromatic heterocycles. The Hall–Kier alpha value is -1.97. The molecule has 0 bridgehead atoms. The fourth-order valence-corrected chi connectivity index (χ4v) is 4.94. The van der Waals surface area contributed by atoms with E-state index in [-0.39, 0.29) is 5.91 Å². The van der Waals surface area contributed by atoms with E-state index in [1.54, 1.807) is 23.1 Å². The van der Waals surface area contributed by atoms with Crippen molar-refractivity contribution in [2.24, 2.45) is 4.99 Å². The molecule has 0 atom stereocenters. The quantitative estimate of drug-likeness (QED) is 0.183. The Morgan fingerprint density at radius 2 is 1.97 bits per heavy atom. The SMILES string of the molecule is C=CCOc1c(I)cc(/C=C2\SC(=Nc3ccc(Cl)cc3)N(CCC)C2=O)cc1OCC. The maximum Gasteiger partial charge on any atom is 0.266 e. The highest BCUT2D eigenvalue weighted by Crippen LogP contribution is 2.38. The van der Waals surface area contributed by atoms with E-state index >= 15 is 0 Å². The van der Waals surface area contributed by atoms with Crippen molar-refractivity contribution >= 4 is 68.8 Å². The minimum atomic E-state index is -0.0514. The summed E-state index contributed by atoms with van der Waals surface area (Å²) >= 11 is 9.57. The standard InChI is InChI=1S/C24H24ClIN2O3S/c1-4-11-28-23(29)21(32-24(28)27-18-9-7-17(25)8-10-18)15-16-13-19(26)22(31-12-5-2)20(14-16)30-6-3/h5,7-10,13-15H,2,4,6,11-12H2,1,3H3/b21-15-,27-24?. The second kappa shape index (κ2) is 11.8. The van der Waals surface area contributed by atoms with Gasteiger partial charge in [-0.05, 0) is 95.7 Å². The van der Waals surface area contributed by atoms with Crippen LogP contribution in [0.3, 0.4) is 0 Å². The number of carbonyl (C=O) groups is 1. The van der Waals surface area contributed by atoms with Crippen molar-refractivity contribution in [1.29, 1.82) is 0 Å². The molecular formula is C24H24ClIN2O3S. The molecule has 1 heterocycles. The molecule has 168 valence electrons. The minimum Gasteiger partial charge on any atom is -0.490 e. The second-order valence-electron chi connectivity index (χ2n) is 6.80. The minimum absolute atomic E-state index is 0.0514. The molecule has 0 unspecified atom stereocenters. The summed E-state index contributed by atoms with van der Waals surface area (Å²) in [6.07, 6.45) is 4.41. The van der Waals surface area contributed by atoms with E-state index in [9.17, 15) is 4.79 Å². The van der Waals surface area contributed by atoms with Gasteiger partial charge in [-0.25, -0.2) is 4.99 Å². The molecule has 1 amide bonds. The van der Waals surface area contributed by atoms with Crippen LogP contribution in [0.2, 0.25) is 5.02 Å². The molecule has 5 nitrogen and oxygen atoms in total. The predicted molar refractivity (Wildman–Crippen MR) is 142 cm³/mol. The van der Waals surface area contributed by atoms with Gasteiger partial charge in [-0.15, -0.1) is 0 Å². The molecule has 8 heteroatoms. The molecule has 0 aliphatic carbocycles. The molecule has 0 N–H and O–H groups in total. The van der Waals surface area contributed by atoms with Crippen LogP contribution in [0.5, 0.6) is 11.5 Å². The van der Waals surface area contributed by atoms with E-state index in [0.717, 1.165) is 21.2 Å². The highest BCUT2D eigenvalue weighted by molar-refractivity contribution is 14.1. The molecule has 2 aromatic rings. The highest BCUT2D eigenvalue weighted by atomic mass is 127. The molecule has 1 aliphatic heterocycles. The molecule has 0 radical (unpaired) electrons. The van der Waals surface area contributed by atoms with E-state index in [4.69, 9.17) is 21.1 Å². The van der Waals surface area contributed by atoms with E-state index < -0.39 is 0 Å². The lowest BCUT2D eigenvalue weighted by molar-refractivity contribution is -0.122. The van der Waals surface area contributed by atoms with Gasteiger partial charge in [-0.1, -0.05) is 31.2 Å². The van der Waals surface area contributed by atoms with Crippen LogP contribution in [-0.4, -0.2) is 35.7 Å². The first kappa shape index (κ1) is 24.7. The number of amides is 1. The van der Waals surface area contributed by atoms with Gasteiger partial charge in [0.2, 0.25) is 0 Å². The van der Waals surface area contributed by atoms with Crippen molar-refractivity contribution in [1.82, 2.24) is 4.90 Å². The topological polar surface area (TPSA) is 51.1 Å². The molecule has 1 aliphatic rings. The molecule has 1 fully saturated rings. The van der Waals surface area contributed by atoms with Crippen molar-refractivity contribution in [3.8, 4) is 11.5 Å². The number of thioether (sulfide) groups is 1. The number of carbonyl (C=O) groups excluding carboxylic acids is 1. The summed E-state index contributed by atoms with van der Waals surface area (Å²) in [5.41, 5.74) is 1.62. The summed E-state index contributed by atoms with van der Waals surface area (Å²) in [7, 11) is 0. The number of hydrogen-bond donors (Lipinski definition) is 0. The van der Waals surface area contributed by atoms with Crippen molar-refractivity contribution < 1.29 is 14.3 Å². The average Bonchev–Trinajstić information content (AvgIpc) is 3.04. The molecular weight excluding hydrogens is 559 g/mol. The summed E-state index contributed by atoms with van der Waals surface area (Å²) < 4.78 is 12.5. The first-order chi connectivity index (χ1) is 15.5. The van der Waals surface area contributed by atoms with Crippen LogP contribution in [0.25, 0.3) is 6.08 Å². The predicted octanol–water partition coefficient (Wildman–Crippen LogP) is 6.92. The van der Waals surface area contributed by atoms with Crippen LogP contribution in [0.4, 0.5) is 5.69 Å². The smallest absolute Gasteiger partial charge is 0.266 e. The Morgan fingerprint density at radius 1 is 1.22 bits per heavy atom. The Labute approximate surface area is 211 Å². The number of benzene rings is 2. The fourth-order valence-electron chi connectivity index (χ4n) is 3.01. The van der Waals surface area contributed by atoms with Crippen LogP contribution in [0.15, 0.2) is 59.0 Å². The third-order valence-electron chi connectivity index (χ3n) is 4.36. The van der Waals surface area contributed by atoms with E-state index in [1.165, 1.54) is 11.8 Å². The van der Waals surface area contributed by atoms with E-state index in [1.807, 2.05) is 44.2 Å². The lowest BCUT2D eigenvalue weighted by Gasteiger charge is -2.14. The lowest BCUT2D eigenvalue weighted by atomic mass is 10.2. The molecule has 0 spiro atoms. The van der Waals surface area contributed by atoms with Gasteiger partial charge >= 0.3 is 0 Å². The summed E-state index contributed by atoms with van der Waals surface area (Å²) in [5, 5.41) is 1.31. The van der Waals surface area contributed by atoms with Crippen molar-refractivity contribution in [2.45, 2.75) is 20.3 Å². The van der Waals surface area contributed by atoms with E-state index in [0.29, 0.717) is 46.4 Å². The van der Waals surface area contributed by atoms with Crippen LogP contribution in [0.1, 0.15) is 25.8 Å². The average molecular weight is 583 g/mol. The van der Waals surface area contributed by atoms with Gasteiger partial charge in [0.05, 0.1) is 20.8 Å². The third-order valence-corrected chi connectivity index (χ3v) is 6.42. The van der Waals surface area contributed by atoms with Crippen LogP contribution in [0, 0.1) is 3.57 Å². The van der Waals surface area contributed by atoms with Crippen molar-refractivity contribution in [3.63, 3.8) is 0 Å². The number of aliphatic imine (C=N–C) groups is 1. The maximum atomic E-state index is 13.1. The maximum absolute atomic E-state index is 13.1. The molecule has 1 saturated heterocycles. The number of halogens is 2. The molecule has 2 aromatic carbocycles. The summed E-state index contributed by atoms with van der Waals surface area (Å²) in [6, 6.07) is 11.1. The second-order valence-corrected chi connectivity index (χ2v) is 9.41. The highest BCUT2D eigenvalue weighted by Gasteiger charge is 2.33. The normalized spacial score (nSPS) is 16.1. The number of hydrogen-bond acceptors (Lipinski definition) is 5. The molecule has 0 saturated carbocycles. The van der Waals surface area contributed by atoms with Gasteiger partial charge in [0, 0.05) is 11.6 Å². The Balaban J connectivity index is 1.95. The van der Waals surface area contributed by atoms with Gasteiger partial charge in [0.1, 0.15) is 6.61 Å². The molecule has 3 rings (SSSR count). The Morgan fingerprint density at radius 3 is 2.62 bits per heavy atom. The van der Waals surface area contributed by atoms with Crippen LogP contribution in [-0.2, 0) is 4.79 Å². The van der Waals surface area contributed by atoms with Crippen LogP contribution >= 0.6 is 46.0 Å². The van der Waals surface area contributed by atoms with Crippen LogP contribution < -0.4 is 9.47 Å². The zero-order valence-corrected chi connectivity index (χ0v) is 21.7. The fraction of sp³-hybridized carbons (Fsp3) is 0.250. The number of ether oxygens (including phenoxy) is 2. The van der Waals surface area contributed by atoms with Gasteiger partial charge < -0.3 is 9.47 Å². The summed E-state index contributed by atoms with van der Waals surface area (Å²) in [6.45, 7) is 9.17. The zero-order valence-electron chi connectivity index (χ0n) is 17.9. The molecule has 32 heavy (non-hydrogen) atoms. The van der Waals surface area contributed by atoms with Gasteiger partial charge in [-0.3, -0.25) is 9.69 Å². The summed E-state index contributed by atoms with van der Waals surface area (Å²) in [4.78, 5) is 20.1. The first-order valence-corrected chi connectivity index (χ1v) is 12.5. The van der Waals surface area contributed by atoms with E-state index in [2.05, 4.69) is 34.2 Å². The number of amidine groups is 1. The summed E-state index contributed by atoms with van der Waals surface area (Å²) in [5.74, 6) is 1.27. The monoisotopic (exact) mass is 582 g/mol. The third kappa shape index (κ3) is 6.08. The number of nitrogens with zero attached hydrogens (tertiary/aromatic N) is 2. The van der Waals surface area contributed by atoms with Gasteiger partial charge in [0.15, 0.2) is 16.7 Å². The Kier molecular flexibility index (Phi) is 9.07. The Bertz CT molecular complexity index is 1050. The largest absolute Gasteiger partial charge is 0.490 e. The first-order valence-electron chi connectivity index (χ1n) is 10.2. The van der Waals surface area contributed by atoms with Gasteiger partial charge in [0.25, 0.3) is 5.91 Å². The van der Waals surface area contributed by atoms with Crippen molar-refractivity contribution in [2.75, 3.05) is 19.8 Å². The van der Waals surface area contributed by atoms with Crippen molar-refractivity contribution in [3.05, 3.63) is 68.1 Å². The zero-order chi connectivity index (χ0) is 23.1. The lowest BCUT2D eigenvalue weighted by Crippen LogP contribution is -2.29. The number of rotatable bonds is 9.